The summed E-state index contributed by atoms with van der Waals surface area (Å²) in [5, 5.41) is 6.42. The first-order valence-electron chi connectivity index (χ1n) is 10.2. The van der Waals surface area contributed by atoms with E-state index in [2.05, 4.69) is 40.4 Å². The molecule has 4 aromatic rings. The molecule has 0 saturated heterocycles. The maximum absolute atomic E-state index is 12.9. The quantitative estimate of drug-likeness (QED) is 0.471. The minimum absolute atomic E-state index is 0.133. The average molecular weight is 381 g/mol. The zero-order chi connectivity index (χ0) is 19.8. The van der Waals surface area contributed by atoms with Crippen LogP contribution in [0.1, 0.15) is 40.0 Å². The Morgan fingerprint density at radius 1 is 0.931 bits per heavy atom. The van der Waals surface area contributed by atoms with Gasteiger partial charge in [0, 0.05) is 41.6 Å². The molecule has 5 rings (SSSR count). The average Bonchev–Trinajstić information content (AvgIpc) is 3.19. The first-order valence-corrected chi connectivity index (χ1v) is 10.2. The maximum Gasteiger partial charge on any atom is 0.168 e. The van der Waals surface area contributed by atoms with E-state index in [9.17, 15) is 4.79 Å². The highest BCUT2D eigenvalue weighted by molar-refractivity contribution is 5.98. The summed E-state index contributed by atoms with van der Waals surface area (Å²) in [6.45, 7) is 0. The Morgan fingerprint density at radius 2 is 1.79 bits per heavy atom. The van der Waals surface area contributed by atoms with E-state index in [1.165, 1.54) is 24.0 Å². The summed E-state index contributed by atoms with van der Waals surface area (Å²) in [5.41, 5.74) is 6.55. The van der Waals surface area contributed by atoms with Crippen LogP contribution in [0.25, 0.3) is 21.9 Å². The number of aryl methyl sites for hydroxylation is 3. The zero-order valence-electron chi connectivity index (χ0n) is 16.6. The molecule has 2 heterocycles. The fourth-order valence-electron chi connectivity index (χ4n) is 4.21. The number of pyridine rings is 1. The van der Waals surface area contributed by atoms with Crippen molar-refractivity contribution in [1.82, 2.24) is 14.8 Å². The van der Waals surface area contributed by atoms with Crippen molar-refractivity contribution in [3.63, 3.8) is 0 Å². The van der Waals surface area contributed by atoms with Gasteiger partial charge in [-0.1, -0.05) is 24.3 Å². The van der Waals surface area contributed by atoms with Crippen LogP contribution < -0.4 is 0 Å². The van der Waals surface area contributed by atoms with Gasteiger partial charge in [-0.25, -0.2) is 0 Å². The predicted molar refractivity (Wildman–Crippen MR) is 115 cm³/mol. The second-order valence-electron chi connectivity index (χ2n) is 7.93. The molecule has 2 aromatic heterocycles. The molecule has 0 unspecified atom stereocenters. The maximum atomic E-state index is 12.9. The van der Waals surface area contributed by atoms with Crippen LogP contribution >= 0.6 is 0 Å². The summed E-state index contributed by atoms with van der Waals surface area (Å²) in [6, 6.07) is 14.5. The largest absolute Gasteiger partial charge is 0.294 e. The first-order chi connectivity index (χ1) is 14.2. The van der Waals surface area contributed by atoms with Crippen molar-refractivity contribution in [2.24, 2.45) is 7.05 Å². The predicted octanol–water partition coefficient (Wildman–Crippen LogP) is 4.94. The van der Waals surface area contributed by atoms with Gasteiger partial charge in [-0.3, -0.25) is 14.5 Å². The van der Waals surface area contributed by atoms with E-state index in [4.69, 9.17) is 0 Å². The minimum atomic E-state index is 0.133. The lowest BCUT2D eigenvalue weighted by molar-refractivity contribution is 0.0992. The first kappa shape index (κ1) is 17.8. The van der Waals surface area contributed by atoms with E-state index in [0.717, 1.165) is 46.0 Å². The van der Waals surface area contributed by atoms with E-state index in [1.54, 1.807) is 4.68 Å². The number of ketones is 1. The second-order valence-corrected chi connectivity index (χ2v) is 7.93. The highest BCUT2D eigenvalue weighted by atomic mass is 16.1. The molecule has 1 aliphatic carbocycles. The summed E-state index contributed by atoms with van der Waals surface area (Å²) in [7, 11) is 1.92. The van der Waals surface area contributed by atoms with Crippen molar-refractivity contribution in [2.45, 2.75) is 32.1 Å². The molecule has 0 bridgehead atoms. The van der Waals surface area contributed by atoms with Gasteiger partial charge in [-0.05, 0) is 66.0 Å². The molecule has 0 aliphatic heterocycles. The van der Waals surface area contributed by atoms with Crippen LogP contribution in [-0.4, -0.2) is 20.5 Å². The molecule has 0 atom stereocenters. The van der Waals surface area contributed by atoms with Crippen LogP contribution in [0.5, 0.6) is 0 Å². The standard InChI is InChI=1S/C25H23N3O/c1-28-16-23(15-27-28)19-7-9-21-14-26-24(12-22(21)11-19)13-25(29)20-8-6-17-4-2-3-5-18(17)10-20/h6-12,14-16H,2-5,13H2,1H3. The van der Waals surface area contributed by atoms with Crippen molar-refractivity contribution >= 4 is 16.6 Å². The highest BCUT2D eigenvalue weighted by Gasteiger charge is 2.14. The molecule has 1 aliphatic rings. The Bertz CT molecular complexity index is 1220. The Labute approximate surface area is 170 Å². The molecular formula is C25H23N3O. The van der Waals surface area contributed by atoms with Gasteiger partial charge in [-0.2, -0.15) is 5.10 Å². The molecule has 0 radical (unpaired) electrons. The summed E-state index contributed by atoms with van der Waals surface area (Å²) in [6.07, 6.45) is 10.7. The number of hydrogen-bond acceptors (Lipinski definition) is 3. The molecule has 4 heteroatoms. The number of hydrogen-bond donors (Lipinski definition) is 0. The number of rotatable bonds is 4. The number of benzene rings is 2. The third kappa shape index (κ3) is 3.58. The van der Waals surface area contributed by atoms with Crippen LogP contribution in [0.15, 0.2) is 61.1 Å². The van der Waals surface area contributed by atoms with Crippen molar-refractivity contribution < 1.29 is 4.79 Å². The van der Waals surface area contributed by atoms with Crippen molar-refractivity contribution in [3.05, 3.63) is 83.4 Å². The Hall–Kier alpha value is -3.27. The Balaban J connectivity index is 1.42. The summed E-state index contributed by atoms with van der Waals surface area (Å²) in [5.74, 6) is 0.133. The third-order valence-electron chi connectivity index (χ3n) is 5.83. The van der Waals surface area contributed by atoms with Crippen LogP contribution in [0.2, 0.25) is 0 Å². The normalized spacial score (nSPS) is 13.4. The SMILES string of the molecule is Cn1cc(-c2ccc3cnc(CC(=O)c4ccc5c(c4)CCCC5)cc3c2)cn1. The molecule has 0 N–H and O–H groups in total. The smallest absolute Gasteiger partial charge is 0.168 e. The number of nitrogens with zero attached hydrogens (tertiary/aromatic N) is 3. The van der Waals surface area contributed by atoms with E-state index in [1.807, 2.05) is 37.8 Å². The third-order valence-corrected chi connectivity index (χ3v) is 5.83. The lowest BCUT2D eigenvalue weighted by Crippen LogP contribution is -2.08. The lowest BCUT2D eigenvalue weighted by Gasteiger charge is -2.16. The fourth-order valence-corrected chi connectivity index (χ4v) is 4.21. The van der Waals surface area contributed by atoms with Gasteiger partial charge < -0.3 is 0 Å². The van der Waals surface area contributed by atoms with E-state index < -0.39 is 0 Å². The van der Waals surface area contributed by atoms with Crippen molar-refractivity contribution in [3.8, 4) is 11.1 Å². The lowest BCUT2D eigenvalue weighted by atomic mass is 9.89. The molecule has 4 nitrogen and oxygen atoms in total. The Morgan fingerprint density at radius 3 is 2.62 bits per heavy atom. The number of aromatic nitrogens is 3. The number of carbonyl (C=O) groups is 1. The topological polar surface area (TPSA) is 47.8 Å². The van der Waals surface area contributed by atoms with Crippen LogP contribution in [-0.2, 0) is 26.3 Å². The molecule has 0 saturated carbocycles. The molecule has 29 heavy (non-hydrogen) atoms. The molecular weight excluding hydrogens is 358 g/mol. The second kappa shape index (κ2) is 7.28. The molecule has 0 fully saturated rings. The summed E-state index contributed by atoms with van der Waals surface area (Å²) < 4.78 is 1.80. The van der Waals surface area contributed by atoms with Gasteiger partial charge in [0.2, 0.25) is 0 Å². The monoisotopic (exact) mass is 381 g/mol. The van der Waals surface area contributed by atoms with Gasteiger partial charge in [0.15, 0.2) is 5.78 Å². The minimum Gasteiger partial charge on any atom is -0.294 e. The number of fused-ring (bicyclic) bond motifs is 2. The number of carbonyl (C=O) groups excluding carboxylic acids is 1. The van der Waals surface area contributed by atoms with Gasteiger partial charge >= 0.3 is 0 Å². The van der Waals surface area contributed by atoms with Gasteiger partial charge in [-0.15, -0.1) is 0 Å². The molecule has 0 spiro atoms. The number of Topliss-reactive ketones (excluding diaryl/α,β-unsaturated/α-hetero) is 1. The Kier molecular flexibility index (Phi) is 4.47. The fraction of sp³-hybridized carbons (Fsp3) is 0.240. The van der Waals surface area contributed by atoms with Crippen LogP contribution in [0, 0.1) is 0 Å². The van der Waals surface area contributed by atoms with Gasteiger partial charge in [0.1, 0.15) is 0 Å². The molecule has 144 valence electrons. The summed E-state index contributed by atoms with van der Waals surface area (Å²) >= 11 is 0. The van der Waals surface area contributed by atoms with Crippen LogP contribution in [0.4, 0.5) is 0 Å². The molecule has 0 amide bonds. The molecule has 2 aromatic carbocycles. The van der Waals surface area contributed by atoms with Gasteiger partial charge in [0.05, 0.1) is 12.6 Å². The van der Waals surface area contributed by atoms with Gasteiger partial charge in [0.25, 0.3) is 0 Å². The van der Waals surface area contributed by atoms with E-state index >= 15 is 0 Å². The highest BCUT2D eigenvalue weighted by Crippen LogP contribution is 2.25. The summed E-state index contributed by atoms with van der Waals surface area (Å²) in [4.78, 5) is 17.4. The zero-order valence-corrected chi connectivity index (χ0v) is 16.6. The van der Waals surface area contributed by atoms with Crippen LogP contribution in [0.3, 0.4) is 0 Å². The van der Waals surface area contributed by atoms with Crippen molar-refractivity contribution in [1.29, 1.82) is 0 Å². The van der Waals surface area contributed by atoms with E-state index in [0.29, 0.717) is 6.42 Å². The van der Waals surface area contributed by atoms with Crippen molar-refractivity contribution in [2.75, 3.05) is 0 Å². The van der Waals surface area contributed by atoms with E-state index in [-0.39, 0.29) is 5.78 Å².